The number of nitrogens with zero attached hydrogens (tertiary/aromatic N) is 2. The van der Waals surface area contributed by atoms with Gasteiger partial charge in [-0.2, -0.15) is 0 Å². The SMILES string of the molecule is Cc1cc(C(=O)CSc2ccnc3ccccc23)c(C)n1C1CCS(=O)(=O)C1. The first-order valence-corrected chi connectivity index (χ1v) is 12.0. The van der Waals surface area contributed by atoms with Crippen LogP contribution in [0.25, 0.3) is 10.9 Å². The zero-order chi connectivity index (χ0) is 19.9. The fourth-order valence-corrected chi connectivity index (χ4v) is 6.64. The molecule has 4 rings (SSSR count). The molecule has 146 valence electrons. The number of aryl methyl sites for hydroxylation is 1. The standard InChI is InChI=1S/C21H22N2O3S2/c1-14-11-18(15(2)23(14)16-8-10-28(25,26)13-16)20(24)12-27-21-7-9-22-19-6-4-3-5-17(19)21/h3-7,9,11,16H,8,10,12-13H2,1-2H3. The first kappa shape index (κ1) is 19.2. The summed E-state index contributed by atoms with van der Waals surface area (Å²) < 4.78 is 25.7. The highest BCUT2D eigenvalue weighted by atomic mass is 32.2. The zero-order valence-corrected chi connectivity index (χ0v) is 17.5. The van der Waals surface area contributed by atoms with Crippen LogP contribution >= 0.6 is 11.8 Å². The minimum atomic E-state index is -2.97. The molecule has 1 aliphatic rings. The van der Waals surface area contributed by atoms with Crippen molar-refractivity contribution in [3.05, 3.63) is 59.5 Å². The van der Waals surface area contributed by atoms with Crippen molar-refractivity contribution in [1.29, 1.82) is 0 Å². The van der Waals surface area contributed by atoms with Crippen LogP contribution in [0.3, 0.4) is 0 Å². The number of pyridine rings is 1. The Morgan fingerprint density at radius 1 is 1.25 bits per heavy atom. The molecule has 0 N–H and O–H groups in total. The summed E-state index contributed by atoms with van der Waals surface area (Å²) >= 11 is 1.51. The topological polar surface area (TPSA) is 69.0 Å². The summed E-state index contributed by atoms with van der Waals surface area (Å²) in [6, 6.07) is 11.7. The summed E-state index contributed by atoms with van der Waals surface area (Å²) in [5.41, 5.74) is 3.42. The van der Waals surface area contributed by atoms with Gasteiger partial charge >= 0.3 is 0 Å². The van der Waals surface area contributed by atoms with Crippen LogP contribution in [0.4, 0.5) is 0 Å². The largest absolute Gasteiger partial charge is 0.344 e. The number of benzene rings is 1. The van der Waals surface area contributed by atoms with Crippen molar-refractivity contribution in [3.8, 4) is 0 Å². The van der Waals surface area contributed by atoms with E-state index in [1.165, 1.54) is 11.8 Å². The fraction of sp³-hybridized carbons (Fsp3) is 0.333. The highest BCUT2D eigenvalue weighted by Gasteiger charge is 2.31. The van der Waals surface area contributed by atoms with Gasteiger partial charge < -0.3 is 4.57 Å². The molecule has 1 unspecified atom stereocenters. The van der Waals surface area contributed by atoms with Crippen molar-refractivity contribution in [3.63, 3.8) is 0 Å². The van der Waals surface area contributed by atoms with Crippen LogP contribution in [0.15, 0.2) is 47.5 Å². The van der Waals surface area contributed by atoms with Crippen molar-refractivity contribution >= 4 is 38.3 Å². The Labute approximate surface area is 169 Å². The third-order valence-corrected chi connectivity index (χ3v) is 8.15. The van der Waals surface area contributed by atoms with E-state index in [4.69, 9.17) is 0 Å². The van der Waals surface area contributed by atoms with Gasteiger partial charge in [0.15, 0.2) is 15.6 Å². The van der Waals surface area contributed by atoms with Crippen molar-refractivity contribution in [2.24, 2.45) is 0 Å². The van der Waals surface area contributed by atoms with Gasteiger partial charge in [0.25, 0.3) is 0 Å². The number of thioether (sulfide) groups is 1. The van der Waals surface area contributed by atoms with Crippen LogP contribution in [0.5, 0.6) is 0 Å². The predicted octanol–water partition coefficient (Wildman–Crippen LogP) is 3.99. The maximum atomic E-state index is 12.9. The predicted molar refractivity (Wildman–Crippen MR) is 113 cm³/mol. The van der Waals surface area contributed by atoms with E-state index in [9.17, 15) is 13.2 Å². The van der Waals surface area contributed by atoms with Crippen molar-refractivity contribution in [2.45, 2.75) is 31.2 Å². The van der Waals surface area contributed by atoms with Gasteiger partial charge in [0.1, 0.15) is 0 Å². The smallest absolute Gasteiger partial charge is 0.174 e. The Morgan fingerprint density at radius 3 is 2.79 bits per heavy atom. The van der Waals surface area contributed by atoms with Crippen LogP contribution in [0.2, 0.25) is 0 Å². The summed E-state index contributed by atoms with van der Waals surface area (Å²) in [7, 11) is -2.97. The molecule has 1 aromatic carbocycles. The average molecular weight is 415 g/mol. The van der Waals surface area contributed by atoms with Gasteiger partial charge in [-0.05, 0) is 38.5 Å². The Morgan fingerprint density at radius 2 is 2.04 bits per heavy atom. The zero-order valence-electron chi connectivity index (χ0n) is 15.9. The van der Waals surface area contributed by atoms with Crippen LogP contribution in [0, 0.1) is 13.8 Å². The number of ketones is 1. The Kier molecular flexibility index (Phi) is 5.05. The third-order valence-electron chi connectivity index (χ3n) is 5.33. The minimum Gasteiger partial charge on any atom is -0.344 e. The number of para-hydroxylation sites is 1. The van der Waals surface area contributed by atoms with E-state index in [-0.39, 0.29) is 23.3 Å². The second-order valence-electron chi connectivity index (χ2n) is 7.25. The lowest BCUT2D eigenvalue weighted by molar-refractivity contribution is 0.102. The van der Waals surface area contributed by atoms with E-state index in [2.05, 4.69) is 4.98 Å². The molecule has 0 amide bonds. The van der Waals surface area contributed by atoms with Gasteiger partial charge in [0, 0.05) is 39.5 Å². The molecule has 0 spiro atoms. The number of aromatic nitrogens is 2. The number of Topliss-reactive ketones (excluding diaryl/α,β-unsaturated/α-hetero) is 1. The van der Waals surface area contributed by atoms with Crippen LogP contribution in [-0.2, 0) is 9.84 Å². The molecular weight excluding hydrogens is 392 g/mol. The number of hydrogen-bond donors (Lipinski definition) is 0. The van der Waals surface area contributed by atoms with Gasteiger partial charge in [-0.15, -0.1) is 11.8 Å². The number of carbonyl (C=O) groups excluding carboxylic acids is 1. The molecule has 0 saturated carbocycles. The molecule has 1 saturated heterocycles. The Hall–Kier alpha value is -2.12. The molecule has 0 bridgehead atoms. The minimum absolute atomic E-state index is 0.0612. The highest BCUT2D eigenvalue weighted by Crippen LogP contribution is 2.31. The van der Waals surface area contributed by atoms with Crippen molar-refractivity contribution < 1.29 is 13.2 Å². The molecule has 5 nitrogen and oxygen atoms in total. The molecule has 3 heterocycles. The van der Waals surface area contributed by atoms with Gasteiger partial charge in [-0.3, -0.25) is 9.78 Å². The fourth-order valence-electron chi connectivity index (χ4n) is 4.02. The summed E-state index contributed by atoms with van der Waals surface area (Å²) in [4.78, 5) is 18.3. The number of carbonyl (C=O) groups is 1. The molecule has 7 heteroatoms. The van der Waals surface area contributed by atoms with E-state index in [1.807, 2.05) is 54.8 Å². The van der Waals surface area contributed by atoms with E-state index in [1.54, 1.807) is 6.20 Å². The second kappa shape index (κ2) is 7.37. The third kappa shape index (κ3) is 3.61. The van der Waals surface area contributed by atoms with E-state index in [0.29, 0.717) is 17.7 Å². The first-order chi connectivity index (χ1) is 13.4. The molecule has 1 aliphatic heterocycles. The second-order valence-corrected chi connectivity index (χ2v) is 10.5. The van der Waals surface area contributed by atoms with Gasteiger partial charge in [-0.1, -0.05) is 18.2 Å². The first-order valence-electron chi connectivity index (χ1n) is 9.24. The molecule has 2 aromatic heterocycles. The van der Waals surface area contributed by atoms with Gasteiger partial charge in [0.2, 0.25) is 0 Å². The maximum Gasteiger partial charge on any atom is 0.174 e. The number of hydrogen-bond acceptors (Lipinski definition) is 5. The normalized spacial score (nSPS) is 18.6. The number of rotatable bonds is 5. The lowest BCUT2D eigenvalue weighted by Crippen LogP contribution is -2.14. The summed E-state index contributed by atoms with van der Waals surface area (Å²) in [6.07, 6.45) is 2.38. The Bertz CT molecular complexity index is 1160. The number of sulfone groups is 1. The van der Waals surface area contributed by atoms with Crippen LogP contribution < -0.4 is 0 Å². The number of fused-ring (bicyclic) bond motifs is 1. The van der Waals surface area contributed by atoms with E-state index in [0.717, 1.165) is 27.2 Å². The lowest BCUT2D eigenvalue weighted by atomic mass is 10.2. The maximum absolute atomic E-state index is 12.9. The molecular formula is C21H22N2O3S2. The lowest BCUT2D eigenvalue weighted by Gasteiger charge is -2.16. The highest BCUT2D eigenvalue weighted by molar-refractivity contribution is 8.00. The van der Waals surface area contributed by atoms with Crippen LogP contribution in [-0.4, -0.2) is 41.0 Å². The molecule has 28 heavy (non-hydrogen) atoms. The molecule has 3 aromatic rings. The molecule has 0 aliphatic carbocycles. The van der Waals surface area contributed by atoms with E-state index < -0.39 is 9.84 Å². The Balaban J connectivity index is 1.55. The quantitative estimate of drug-likeness (QED) is 0.466. The molecule has 1 atom stereocenters. The summed E-state index contributed by atoms with van der Waals surface area (Å²) in [6.45, 7) is 3.86. The molecule has 0 radical (unpaired) electrons. The van der Waals surface area contributed by atoms with E-state index >= 15 is 0 Å². The summed E-state index contributed by atoms with van der Waals surface area (Å²) in [5, 5.41) is 1.05. The monoisotopic (exact) mass is 414 g/mol. The average Bonchev–Trinajstić information content (AvgIpc) is 3.17. The van der Waals surface area contributed by atoms with Gasteiger partial charge in [0.05, 0.1) is 22.8 Å². The summed E-state index contributed by atoms with van der Waals surface area (Å²) in [5.74, 6) is 0.782. The van der Waals surface area contributed by atoms with Crippen molar-refractivity contribution in [2.75, 3.05) is 17.3 Å². The van der Waals surface area contributed by atoms with Gasteiger partial charge in [-0.25, -0.2) is 8.42 Å². The van der Waals surface area contributed by atoms with Crippen molar-refractivity contribution in [1.82, 2.24) is 9.55 Å². The molecule has 1 fully saturated rings. The van der Waals surface area contributed by atoms with Crippen LogP contribution in [0.1, 0.15) is 34.2 Å².